The molecule has 0 bridgehead atoms. The number of rotatable bonds is 6. The minimum Gasteiger partial charge on any atom is -0.364 e. The van der Waals surface area contributed by atoms with Crippen LogP contribution in [0, 0.1) is 32.6 Å². The number of nitrogens with one attached hydrogen (secondary N) is 2. The summed E-state index contributed by atoms with van der Waals surface area (Å²) in [5, 5.41) is 13.5. The summed E-state index contributed by atoms with van der Waals surface area (Å²) in [4.78, 5) is 30.5. The summed E-state index contributed by atoms with van der Waals surface area (Å²) < 4.78 is 10.1. The molecule has 2 N–H and O–H groups in total. The maximum Gasteiger partial charge on any atom is 0.257 e. The molecular formula is C24H29N5O4. The van der Waals surface area contributed by atoms with E-state index in [2.05, 4.69) is 32.9 Å². The quantitative estimate of drug-likeness (QED) is 0.575. The number of carbonyl (C=O) groups is 2. The predicted molar refractivity (Wildman–Crippen MR) is 121 cm³/mol. The van der Waals surface area contributed by atoms with E-state index in [1.165, 1.54) is 6.26 Å². The lowest BCUT2D eigenvalue weighted by Gasteiger charge is -2.32. The van der Waals surface area contributed by atoms with Crippen LogP contribution in [0.5, 0.6) is 0 Å². The van der Waals surface area contributed by atoms with Crippen LogP contribution < -0.4 is 10.6 Å². The second kappa shape index (κ2) is 9.56. The van der Waals surface area contributed by atoms with Gasteiger partial charge in [0.25, 0.3) is 5.91 Å². The first-order valence-electron chi connectivity index (χ1n) is 11.3. The maximum atomic E-state index is 13.3. The Bertz CT molecular complexity index is 1110. The van der Waals surface area contributed by atoms with Crippen LogP contribution in [-0.2, 0) is 4.79 Å². The summed E-state index contributed by atoms with van der Waals surface area (Å²) in [7, 11) is 0. The van der Waals surface area contributed by atoms with Crippen molar-refractivity contribution < 1.29 is 18.6 Å². The van der Waals surface area contributed by atoms with Gasteiger partial charge >= 0.3 is 0 Å². The van der Waals surface area contributed by atoms with Crippen LogP contribution in [0.3, 0.4) is 0 Å². The van der Waals surface area contributed by atoms with Crippen LogP contribution in [0.25, 0.3) is 11.1 Å². The molecular weight excluding hydrogens is 422 g/mol. The van der Waals surface area contributed by atoms with E-state index in [0.717, 1.165) is 42.5 Å². The molecule has 0 unspecified atom stereocenters. The molecule has 1 aliphatic carbocycles. The number of nitrogens with zero attached hydrogens (tertiary/aromatic N) is 3. The van der Waals surface area contributed by atoms with Crippen LogP contribution >= 0.6 is 0 Å². The molecule has 0 aromatic carbocycles. The van der Waals surface area contributed by atoms with Gasteiger partial charge in [0.1, 0.15) is 29.4 Å². The fourth-order valence-electron chi connectivity index (χ4n) is 4.46. The third-order valence-corrected chi connectivity index (χ3v) is 6.43. The van der Waals surface area contributed by atoms with Crippen molar-refractivity contribution in [1.29, 1.82) is 0 Å². The third kappa shape index (κ3) is 4.97. The first-order valence-corrected chi connectivity index (χ1v) is 11.3. The normalized spacial score (nSPS) is 19.2. The van der Waals surface area contributed by atoms with E-state index >= 15 is 0 Å². The Morgan fingerprint density at radius 1 is 1.06 bits per heavy atom. The van der Waals surface area contributed by atoms with Crippen molar-refractivity contribution in [3.05, 3.63) is 47.3 Å². The average molecular weight is 452 g/mol. The number of aryl methyl sites for hydroxylation is 3. The number of carbonyl (C=O) groups excluding carboxylic acids is 2. The number of aromatic nitrogens is 3. The first-order chi connectivity index (χ1) is 15.8. The molecule has 3 aromatic heterocycles. The highest BCUT2D eigenvalue weighted by atomic mass is 16.5. The Kier molecular flexibility index (Phi) is 6.57. The molecule has 33 heavy (non-hydrogen) atoms. The lowest BCUT2D eigenvalue weighted by Crippen LogP contribution is -2.49. The summed E-state index contributed by atoms with van der Waals surface area (Å²) in [5.41, 5.74) is 3.35. The molecule has 2 amide bonds. The number of amides is 2. The van der Waals surface area contributed by atoms with Crippen molar-refractivity contribution in [2.24, 2.45) is 11.8 Å². The largest absolute Gasteiger partial charge is 0.364 e. The van der Waals surface area contributed by atoms with Crippen molar-refractivity contribution >= 4 is 17.6 Å². The van der Waals surface area contributed by atoms with Crippen LogP contribution in [0.2, 0.25) is 0 Å². The molecule has 0 radical (unpaired) electrons. The van der Waals surface area contributed by atoms with E-state index in [0.29, 0.717) is 28.8 Å². The average Bonchev–Trinajstić information content (AvgIpc) is 3.38. The molecule has 174 valence electrons. The van der Waals surface area contributed by atoms with Crippen LogP contribution in [0.1, 0.15) is 60.1 Å². The number of pyridine rings is 1. The molecule has 1 aliphatic rings. The zero-order valence-corrected chi connectivity index (χ0v) is 19.3. The standard InChI is InChI=1S/C24H29N5O4/c1-13-5-7-17(8-6-13)22(27-23(30)19-12-32-28-14(19)2)24(31)26-20-10-9-18(11-25-20)21-15(3)29-33-16(21)4/h9-13,17,22H,5-8H2,1-4H3,(H,27,30)(H,25,26,31)/t13-,17-,22-/m0/s1. The van der Waals surface area contributed by atoms with Gasteiger partial charge in [-0.15, -0.1) is 0 Å². The predicted octanol–water partition coefficient (Wildman–Crippen LogP) is 4.21. The minimum absolute atomic E-state index is 0.0480. The second-order valence-corrected chi connectivity index (χ2v) is 8.91. The first kappa shape index (κ1) is 22.7. The fourth-order valence-corrected chi connectivity index (χ4v) is 4.46. The van der Waals surface area contributed by atoms with Gasteiger partial charge < -0.3 is 19.7 Å². The maximum absolute atomic E-state index is 13.3. The second-order valence-electron chi connectivity index (χ2n) is 8.91. The Morgan fingerprint density at radius 3 is 2.39 bits per heavy atom. The summed E-state index contributed by atoms with van der Waals surface area (Å²) in [6.07, 6.45) is 6.79. The van der Waals surface area contributed by atoms with Gasteiger partial charge in [0.2, 0.25) is 5.91 Å². The highest BCUT2D eigenvalue weighted by Gasteiger charge is 2.33. The summed E-state index contributed by atoms with van der Waals surface area (Å²) in [5.74, 6) is 1.15. The highest BCUT2D eigenvalue weighted by molar-refractivity contribution is 6.01. The number of hydrogen-bond acceptors (Lipinski definition) is 7. The van der Waals surface area contributed by atoms with Crippen molar-refractivity contribution in [3.63, 3.8) is 0 Å². The molecule has 3 heterocycles. The molecule has 1 fully saturated rings. The van der Waals surface area contributed by atoms with Gasteiger partial charge in [-0.1, -0.05) is 30.1 Å². The van der Waals surface area contributed by atoms with E-state index < -0.39 is 6.04 Å². The van der Waals surface area contributed by atoms with E-state index in [9.17, 15) is 9.59 Å². The molecule has 1 atom stereocenters. The minimum atomic E-state index is -0.677. The van der Waals surface area contributed by atoms with Crippen molar-refractivity contribution in [2.45, 2.75) is 59.4 Å². The summed E-state index contributed by atoms with van der Waals surface area (Å²) in [6, 6.07) is 2.93. The summed E-state index contributed by atoms with van der Waals surface area (Å²) >= 11 is 0. The van der Waals surface area contributed by atoms with E-state index in [4.69, 9.17) is 9.05 Å². The zero-order valence-electron chi connectivity index (χ0n) is 19.3. The number of hydrogen-bond donors (Lipinski definition) is 2. The Balaban J connectivity index is 1.51. The van der Waals surface area contributed by atoms with Crippen LogP contribution in [0.15, 0.2) is 33.6 Å². The molecule has 0 aliphatic heterocycles. The zero-order chi connectivity index (χ0) is 23.5. The fraction of sp³-hybridized carbons (Fsp3) is 0.458. The molecule has 3 aromatic rings. The van der Waals surface area contributed by atoms with E-state index in [1.54, 1.807) is 19.2 Å². The van der Waals surface area contributed by atoms with Crippen molar-refractivity contribution in [3.8, 4) is 11.1 Å². The van der Waals surface area contributed by atoms with Gasteiger partial charge in [0, 0.05) is 17.3 Å². The smallest absolute Gasteiger partial charge is 0.257 e. The lowest BCUT2D eigenvalue weighted by molar-refractivity contribution is -0.119. The van der Waals surface area contributed by atoms with E-state index in [1.807, 2.05) is 19.9 Å². The monoisotopic (exact) mass is 451 g/mol. The highest BCUT2D eigenvalue weighted by Crippen LogP contribution is 2.31. The van der Waals surface area contributed by atoms with E-state index in [-0.39, 0.29) is 17.7 Å². The van der Waals surface area contributed by atoms with Gasteiger partial charge in [-0.2, -0.15) is 0 Å². The summed E-state index contributed by atoms with van der Waals surface area (Å²) in [6.45, 7) is 7.63. The van der Waals surface area contributed by atoms with Crippen molar-refractivity contribution in [1.82, 2.24) is 20.6 Å². The van der Waals surface area contributed by atoms with Crippen LogP contribution in [0.4, 0.5) is 5.82 Å². The Morgan fingerprint density at radius 2 is 1.82 bits per heavy atom. The SMILES string of the molecule is Cc1nocc1C(=O)N[C@H](C(=O)Nc1ccc(-c2c(C)noc2C)cn1)[C@H]1CC[C@H](C)CC1. The van der Waals surface area contributed by atoms with Crippen molar-refractivity contribution in [2.75, 3.05) is 5.32 Å². The van der Waals surface area contributed by atoms with Gasteiger partial charge in [-0.05, 0) is 57.6 Å². The Labute approximate surface area is 192 Å². The number of anilines is 1. The van der Waals surface area contributed by atoms with Gasteiger partial charge in [0.05, 0.1) is 11.4 Å². The van der Waals surface area contributed by atoms with Gasteiger partial charge in [-0.3, -0.25) is 9.59 Å². The van der Waals surface area contributed by atoms with Gasteiger partial charge in [-0.25, -0.2) is 4.98 Å². The molecule has 1 saturated carbocycles. The van der Waals surface area contributed by atoms with Crippen LogP contribution in [-0.4, -0.2) is 33.2 Å². The molecule has 0 spiro atoms. The molecule has 4 rings (SSSR count). The van der Waals surface area contributed by atoms with Gasteiger partial charge in [0.15, 0.2) is 0 Å². The molecule has 0 saturated heterocycles. The molecule has 9 nitrogen and oxygen atoms in total. The molecule has 9 heteroatoms. The lowest BCUT2D eigenvalue weighted by atomic mass is 9.79. The Hall–Kier alpha value is -3.49. The topological polar surface area (TPSA) is 123 Å². The third-order valence-electron chi connectivity index (χ3n) is 6.43.